The molecule has 1 nitrogen and oxygen atoms in total. The van der Waals surface area contributed by atoms with E-state index in [1.807, 2.05) is 0 Å². The van der Waals surface area contributed by atoms with Gasteiger partial charge in [0.15, 0.2) is 0 Å². The van der Waals surface area contributed by atoms with Gasteiger partial charge in [-0.1, -0.05) is 25.5 Å². The number of allylic oxidation sites excluding steroid dienone is 1. The van der Waals surface area contributed by atoms with Crippen molar-refractivity contribution in [3.05, 3.63) is 11.6 Å². The van der Waals surface area contributed by atoms with Crippen LogP contribution in [-0.4, -0.2) is 12.2 Å². The molecule has 2 rings (SSSR count). The number of hydrogen-bond acceptors (Lipinski definition) is 1. The van der Waals surface area contributed by atoms with Crippen LogP contribution in [0.3, 0.4) is 0 Å². The molecule has 1 heteroatoms. The normalized spacial score (nSPS) is 35.2. The monoisotopic (exact) mass is 194 g/mol. The van der Waals surface area contributed by atoms with Crippen LogP contribution in [0.4, 0.5) is 0 Å². The highest BCUT2D eigenvalue weighted by molar-refractivity contribution is 5.13. The van der Waals surface area contributed by atoms with Crippen LogP contribution in [0.25, 0.3) is 0 Å². The zero-order valence-electron chi connectivity index (χ0n) is 9.68. The van der Waals surface area contributed by atoms with Crippen LogP contribution in [0.15, 0.2) is 11.6 Å². The van der Waals surface area contributed by atoms with Gasteiger partial charge >= 0.3 is 0 Å². The summed E-state index contributed by atoms with van der Waals surface area (Å²) in [6.07, 6.45) is 7.44. The van der Waals surface area contributed by atoms with E-state index in [0.29, 0.717) is 5.92 Å². The lowest BCUT2D eigenvalue weighted by atomic mass is 9.72. The van der Waals surface area contributed by atoms with Gasteiger partial charge < -0.3 is 4.74 Å². The number of ether oxygens (including phenoxy) is 1. The number of fused-ring (bicyclic) bond motifs is 1. The minimum atomic E-state index is 0.210. The lowest BCUT2D eigenvalue weighted by molar-refractivity contribution is -0.0298. The molecule has 2 unspecified atom stereocenters. The average molecular weight is 194 g/mol. The Balaban J connectivity index is 2.20. The molecule has 1 aliphatic heterocycles. The number of hydrogen-bond donors (Lipinski definition) is 0. The smallest absolute Gasteiger partial charge is 0.0712 e. The van der Waals surface area contributed by atoms with E-state index in [1.54, 1.807) is 5.57 Å². The molecule has 0 aromatic rings. The Bertz CT molecular complexity index is 238. The molecule has 1 fully saturated rings. The van der Waals surface area contributed by atoms with Crippen LogP contribution in [0, 0.1) is 11.8 Å². The molecular formula is C13H22O. The molecule has 14 heavy (non-hydrogen) atoms. The Kier molecular flexibility index (Phi) is 2.70. The molecule has 0 bridgehead atoms. The quantitative estimate of drug-likeness (QED) is 0.611. The van der Waals surface area contributed by atoms with Gasteiger partial charge in [-0.05, 0) is 38.5 Å². The maximum absolute atomic E-state index is 6.09. The highest BCUT2D eigenvalue weighted by atomic mass is 16.5. The summed E-state index contributed by atoms with van der Waals surface area (Å²) >= 11 is 0. The van der Waals surface area contributed by atoms with Gasteiger partial charge in [0.1, 0.15) is 0 Å². The van der Waals surface area contributed by atoms with Gasteiger partial charge in [0.2, 0.25) is 0 Å². The molecule has 0 saturated carbocycles. The van der Waals surface area contributed by atoms with Crippen LogP contribution in [0.2, 0.25) is 0 Å². The third-order valence-electron chi connectivity index (χ3n) is 4.30. The summed E-state index contributed by atoms with van der Waals surface area (Å²) in [6, 6.07) is 0. The van der Waals surface area contributed by atoms with Gasteiger partial charge in [-0.2, -0.15) is 0 Å². The molecule has 0 aromatic heterocycles. The molecule has 1 heterocycles. The van der Waals surface area contributed by atoms with Crippen molar-refractivity contribution >= 4 is 0 Å². The van der Waals surface area contributed by atoms with Crippen molar-refractivity contribution in [3.63, 3.8) is 0 Å². The van der Waals surface area contributed by atoms with Crippen LogP contribution in [0.1, 0.15) is 46.5 Å². The van der Waals surface area contributed by atoms with Crippen molar-refractivity contribution in [1.29, 1.82) is 0 Å². The van der Waals surface area contributed by atoms with Gasteiger partial charge in [0.25, 0.3) is 0 Å². The molecule has 0 radical (unpaired) electrons. The summed E-state index contributed by atoms with van der Waals surface area (Å²) in [7, 11) is 0. The Morgan fingerprint density at radius 3 is 2.79 bits per heavy atom. The lowest BCUT2D eigenvalue weighted by Gasteiger charge is -2.35. The molecule has 0 amide bonds. The zero-order chi connectivity index (χ0) is 10.2. The highest BCUT2D eigenvalue weighted by Crippen LogP contribution is 2.47. The second kappa shape index (κ2) is 3.69. The highest BCUT2D eigenvalue weighted by Gasteiger charge is 2.47. The molecule has 0 N–H and O–H groups in total. The minimum Gasteiger partial charge on any atom is -0.374 e. The standard InChI is InChI=1S/C13H22O/c1-4-13(5-2)12-7-6-10(3)8-11(12)9-14-13/h8,11-12H,4-7,9H2,1-3H3. The molecule has 0 spiro atoms. The van der Waals surface area contributed by atoms with E-state index in [9.17, 15) is 0 Å². The molecular weight excluding hydrogens is 172 g/mol. The predicted molar refractivity (Wildman–Crippen MR) is 59.2 cm³/mol. The SMILES string of the molecule is CCC1(CC)OCC2C=C(C)CCC21. The zero-order valence-corrected chi connectivity index (χ0v) is 9.68. The molecule has 1 saturated heterocycles. The van der Waals surface area contributed by atoms with Crippen LogP contribution < -0.4 is 0 Å². The maximum Gasteiger partial charge on any atom is 0.0712 e. The topological polar surface area (TPSA) is 9.23 Å². The molecule has 2 aliphatic rings. The van der Waals surface area contributed by atoms with Crippen molar-refractivity contribution in [2.24, 2.45) is 11.8 Å². The predicted octanol–water partition coefficient (Wildman–Crippen LogP) is 3.55. The van der Waals surface area contributed by atoms with Crippen LogP contribution >= 0.6 is 0 Å². The van der Waals surface area contributed by atoms with E-state index in [4.69, 9.17) is 4.74 Å². The van der Waals surface area contributed by atoms with Crippen molar-refractivity contribution in [2.45, 2.75) is 52.1 Å². The molecule has 1 aliphatic carbocycles. The van der Waals surface area contributed by atoms with E-state index in [1.165, 1.54) is 25.7 Å². The summed E-state index contributed by atoms with van der Waals surface area (Å²) in [5.41, 5.74) is 1.78. The number of rotatable bonds is 2. The van der Waals surface area contributed by atoms with E-state index in [2.05, 4.69) is 26.8 Å². The van der Waals surface area contributed by atoms with Crippen molar-refractivity contribution in [3.8, 4) is 0 Å². The first-order chi connectivity index (χ1) is 6.72. The van der Waals surface area contributed by atoms with E-state index in [-0.39, 0.29) is 5.60 Å². The first-order valence-electron chi connectivity index (χ1n) is 6.03. The van der Waals surface area contributed by atoms with Gasteiger partial charge in [0.05, 0.1) is 12.2 Å². The molecule has 2 atom stereocenters. The van der Waals surface area contributed by atoms with Crippen LogP contribution in [0.5, 0.6) is 0 Å². The Morgan fingerprint density at radius 2 is 2.14 bits per heavy atom. The summed E-state index contributed by atoms with van der Waals surface area (Å²) in [4.78, 5) is 0. The van der Waals surface area contributed by atoms with Gasteiger partial charge in [-0.3, -0.25) is 0 Å². The van der Waals surface area contributed by atoms with E-state index >= 15 is 0 Å². The Hall–Kier alpha value is -0.300. The Morgan fingerprint density at radius 1 is 1.43 bits per heavy atom. The van der Waals surface area contributed by atoms with Gasteiger partial charge in [-0.15, -0.1) is 0 Å². The fourth-order valence-electron chi connectivity index (χ4n) is 3.33. The first-order valence-corrected chi connectivity index (χ1v) is 6.03. The fourth-order valence-corrected chi connectivity index (χ4v) is 3.33. The van der Waals surface area contributed by atoms with E-state index in [0.717, 1.165) is 12.5 Å². The maximum atomic E-state index is 6.09. The summed E-state index contributed by atoms with van der Waals surface area (Å²) in [6.45, 7) is 7.77. The molecule has 80 valence electrons. The summed E-state index contributed by atoms with van der Waals surface area (Å²) < 4.78 is 6.09. The van der Waals surface area contributed by atoms with Crippen LogP contribution in [-0.2, 0) is 4.74 Å². The third kappa shape index (κ3) is 1.42. The lowest BCUT2D eigenvalue weighted by Crippen LogP contribution is -2.36. The van der Waals surface area contributed by atoms with Gasteiger partial charge in [0, 0.05) is 5.92 Å². The molecule has 0 aromatic carbocycles. The summed E-state index contributed by atoms with van der Waals surface area (Å²) in [5, 5.41) is 0. The van der Waals surface area contributed by atoms with Crippen molar-refractivity contribution in [2.75, 3.05) is 6.61 Å². The first kappa shape index (κ1) is 10.2. The van der Waals surface area contributed by atoms with E-state index < -0.39 is 0 Å². The summed E-state index contributed by atoms with van der Waals surface area (Å²) in [5.74, 6) is 1.50. The third-order valence-corrected chi connectivity index (χ3v) is 4.30. The van der Waals surface area contributed by atoms with Crippen molar-refractivity contribution < 1.29 is 4.74 Å². The van der Waals surface area contributed by atoms with Gasteiger partial charge in [-0.25, -0.2) is 0 Å². The van der Waals surface area contributed by atoms with Crippen molar-refractivity contribution in [1.82, 2.24) is 0 Å². The largest absolute Gasteiger partial charge is 0.374 e. The fraction of sp³-hybridized carbons (Fsp3) is 0.846. The second-order valence-corrected chi connectivity index (χ2v) is 4.90. The average Bonchev–Trinajstić information content (AvgIpc) is 2.56. The minimum absolute atomic E-state index is 0.210. The Labute approximate surface area is 87.5 Å². The second-order valence-electron chi connectivity index (χ2n) is 4.90.